The number of hydrogen-bond donors (Lipinski definition) is 1. The molecule has 0 aliphatic carbocycles. The minimum Gasteiger partial charge on any atom is -0.386 e. The van der Waals surface area contributed by atoms with Gasteiger partial charge in [0.1, 0.15) is 12.2 Å². The number of benzene rings is 1. The minimum atomic E-state index is -0.543. The molecule has 1 aromatic carbocycles. The van der Waals surface area contributed by atoms with Crippen LogP contribution >= 0.6 is 0 Å². The van der Waals surface area contributed by atoms with E-state index in [1.54, 1.807) is 0 Å². The Bertz CT molecular complexity index is 422. The summed E-state index contributed by atoms with van der Waals surface area (Å²) < 4.78 is 5.73. The van der Waals surface area contributed by atoms with Crippen molar-refractivity contribution in [3.63, 3.8) is 0 Å². The van der Waals surface area contributed by atoms with E-state index < -0.39 is 6.10 Å². The van der Waals surface area contributed by atoms with Gasteiger partial charge in [0.25, 0.3) is 0 Å². The van der Waals surface area contributed by atoms with Gasteiger partial charge in [0.15, 0.2) is 0 Å². The van der Waals surface area contributed by atoms with Crippen LogP contribution < -0.4 is 0 Å². The lowest BCUT2D eigenvalue weighted by Crippen LogP contribution is -2.44. The van der Waals surface area contributed by atoms with E-state index in [1.807, 2.05) is 12.1 Å². The lowest BCUT2D eigenvalue weighted by molar-refractivity contribution is -0.0888. The Hall–Kier alpha value is -0.900. The molecule has 0 spiro atoms. The quantitative estimate of drug-likeness (QED) is 0.922. The minimum absolute atomic E-state index is 0.121. The topological polar surface area (TPSA) is 32.7 Å². The lowest BCUT2D eigenvalue weighted by Gasteiger charge is -2.34. The number of nitrogens with zero attached hydrogens (tertiary/aromatic N) is 1. The smallest absolute Gasteiger partial charge is 0.106 e. The molecule has 2 atom stereocenters. The average Bonchev–Trinajstić information content (AvgIpc) is 2.46. The molecule has 1 N–H and O–H groups in total. The fourth-order valence-corrected chi connectivity index (χ4v) is 2.60. The summed E-state index contributed by atoms with van der Waals surface area (Å²) >= 11 is 0. The second-order valence-corrected chi connectivity index (χ2v) is 6.62. The van der Waals surface area contributed by atoms with Gasteiger partial charge in [-0.2, -0.15) is 0 Å². The maximum atomic E-state index is 10.5. The largest absolute Gasteiger partial charge is 0.386 e. The number of likely N-dealkylation sites (N-methyl/N-ethyl adjacent to an activating group) is 1. The Morgan fingerprint density at radius 3 is 2.50 bits per heavy atom. The van der Waals surface area contributed by atoms with Crippen LogP contribution in [-0.4, -0.2) is 42.4 Å². The van der Waals surface area contributed by atoms with Crippen molar-refractivity contribution < 1.29 is 9.84 Å². The maximum absolute atomic E-state index is 10.5. The second-order valence-electron chi connectivity index (χ2n) is 6.62. The third kappa shape index (κ3) is 3.60. The summed E-state index contributed by atoms with van der Waals surface area (Å²) in [6.45, 7) is 12.2. The van der Waals surface area contributed by atoms with E-state index in [0.29, 0.717) is 6.61 Å². The summed E-state index contributed by atoms with van der Waals surface area (Å²) in [5, 5.41) is 10.5. The lowest BCUT2D eigenvalue weighted by atomic mass is 9.86. The maximum Gasteiger partial charge on any atom is 0.106 e. The van der Waals surface area contributed by atoms with Crippen molar-refractivity contribution in [1.82, 2.24) is 4.90 Å². The highest BCUT2D eigenvalue weighted by atomic mass is 16.5. The number of aliphatic hydroxyl groups excluding tert-OH is 1. The molecule has 1 fully saturated rings. The molecular weight excluding hydrogens is 250 g/mol. The first-order chi connectivity index (χ1) is 9.41. The van der Waals surface area contributed by atoms with Crippen molar-refractivity contribution >= 4 is 0 Å². The zero-order valence-corrected chi connectivity index (χ0v) is 13.1. The van der Waals surface area contributed by atoms with Gasteiger partial charge in [-0.05, 0) is 23.1 Å². The van der Waals surface area contributed by atoms with Crippen molar-refractivity contribution in [2.24, 2.45) is 0 Å². The highest BCUT2D eigenvalue weighted by molar-refractivity contribution is 5.29. The Morgan fingerprint density at radius 2 is 1.95 bits per heavy atom. The zero-order chi connectivity index (χ0) is 14.8. The molecule has 0 bridgehead atoms. The van der Waals surface area contributed by atoms with E-state index in [-0.39, 0.29) is 11.5 Å². The Balaban J connectivity index is 2.07. The third-order valence-corrected chi connectivity index (χ3v) is 4.10. The fourth-order valence-electron chi connectivity index (χ4n) is 2.60. The molecule has 0 amide bonds. The van der Waals surface area contributed by atoms with Gasteiger partial charge in [0.2, 0.25) is 0 Å². The van der Waals surface area contributed by atoms with Crippen LogP contribution in [0.25, 0.3) is 0 Å². The standard InChI is InChI=1S/C17H27NO2/c1-5-18-10-11-20-15(12-18)16(19)13-6-8-14(9-7-13)17(2,3)4/h6-9,15-16,19H,5,10-12H2,1-4H3. The summed E-state index contributed by atoms with van der Waals surface area (Å²) in [5.41, 5.74) is 2.37. The van der Waals surface area contributed by atoms with Crippen LogP contribution in [0, 0.1) is 0 Å². The predicted molar refractivity (Wildman–Crippen MR) is 82.0 cm³/mol. The number of rotatable bonds is 3. The Labute approximate surface area is 122 Å². The first-order valence-electron chi connectivity index (χ1n) is 7.54. The molecule has 112 valence electrons. The molecule has 1 aliphatic rings. The molecule has 0 aromatic heterocycles. The van der Waals surface area contributed by atoms with Crippen LogP contribution in [0.2, 0.25) is 0 Å². The monoisotopic (exact) mass is 277 g/mol. The molecule has 1 aromatic rings. The van der Waals surface area contributed by atoms with E-state index in [4.69, 9.17) is 4.74 Å². The van der Waals surface area contributed by atoms with Gasteiger partial charge >= 0.3 is 0 Å². The van der Waals surface area contributed by atoms with Crippen molar-refractivity contribution in [3.8, 4) is 0 Å². The SMILES string of the molecule is CCN1CCOC(C(O)c2ccc(C(C)(C)C)cc2)C1. The molecule has 0 saturated carbocycles. The number of hydrogen-bond acceptors (Lipinski definition) is 3. The zero-order valence-electron chi connectivity index (χ0n) is 13.1. The molecule has 20 heavy (non-hydrogen) atoms. The molecule has 1 aliphatic heterocycles. The van der Waals surface area contributed by atoms with Gasteiger partial charge in [0.05, 0.1) is 6.61 Å². The first kappa shape index (κ1) is 15.5. The van der Waals surface area contributed by atoms with E-state index in [0.717, 1.165) is 25.2 Å². The van der Waals surface area contributed by atoms with Crippen molar-refractivity contribution in [2.45, 2.75) is 45.3 Å². The molecule has 1 saturated heterocycles. The van der Waals surface area contributed by atoms with Crippen molar-refractivity contribution in [3.05, 3.63) is 35.4 Å². The third-order valence-electron chi connectivity index (χ3n) is 4.10. The average molecular weight is 277 g/mol. The molecule has 0 radical (unpaired) electrons. The summed E-state index contributed by atoms with van der Waals surface area (Å²) in [4.78, 5) is 2.32. The molecule has 2 unspecified atom stereocenters. The van der Waals surface area contributed by atoms with Crippen LogP contribution in [0.15, 0.2) is 24.3 Å². The Morgan fingerprint density at radius 1 is 1.30 bits per heavy atom. The van der Waals surface area contributed by atoms with Gasteiger partial charge in [0, 0.05) is 13.1 Å². The summed E-state index contributed by atoms with van der Waals surface area (Å²) in [6.07, 6.45) is -0.664. The van der Waals surface area contributed by atoms with E-state index >= 15 is 0 Å². The highest BCUT2D eigenvalue weighted by Crippen LogP contribution is 2.26. The molecular formula is C17H27NO2. The second kappa shape index (κ2) is 6.25. The van der Waals surface area contributed by atoms with Gasteiger partial charge in [-0.25, -0.2) is 0 Å². The van der Waals surface area contributed by atoms with Gasteiger partial charge in [-0.3, -0.25) is 4.90 Å². The Kier molecular flexibility index (Phi) is 4.84. The van der Waals surface area contributed by atoms with Crippen LogP contribution in [0.5, 0.6) is 0 Å². The van der Waals surface area contributed by atoms with Crippen LogP contribution in [0.3, 0.4) is 0 Å². The van der Waals surface area contributed by atoms with E-state index in [2.05, 4.69) is 44.7 Å². The number of morpholine rings is 1. The van der Waals surface area contributed by atoms with Crippen molar-refractivity contribution in [1.29, 1.82) is 0 Å². The van der Waals surface area contributed by atoms with Crippen LogP contribution in [-0.2, 0) is 10.2 Å². The van der Waals surface area contributed by atoms with Crippen molar-refractivity contribution in [2.75, 3.05) is 26.2 Å². The predicted octanol–water partition coefficient (Wildman–Crippen LogP) is 2.74. The normalized spacial score (nSPS) is 22.8. The van der Waals surface area contributed by atoms with E-state index in [9.17, 15) is 5.11 Å². The summed E-state index contributed by atoms with van der Waals surface area (Å²) in [5.74, 6) is 0. The molecule has 3 heteroatoms. The first-order valence-corrected chi connectivity index (χ1v) is 7.54. The van der Waals surface area contributed by atoms with Crippen LogP contribution in [0.4, 0.5) is 0 Å². The van der Waals surface area contributed by atoms with E-state index in [1.165, 1.54) is 5.56 Å². The highest BCUT2D eigenvalue weighted by Gasteiger charge is 2.27. The molecule has 1 heterocycles. The molecule has 3 nitrogen and oxygen atoms in total. The summed E-state index contributed by atoms with van der Waals surface area (Å²) in [7, 11) is 0. The fraction of sp³-hybridized carbons (Fsp3) is 0.647. The van der Waals surface area contributed by atoms with Crippen LogP contribution in [0.1, 0.15) is 44.9 Å². The van der Waals surface area contributed by atoms with Gasteiger partial charge in [-0.1, -0.05) is 52.0 Å². The number of aliphatic hydroxyl groups is 1. The van der Waals surface area contributed by atoms with Gasteiger partial charge < -0.3 is 9.84 Å². The van der Waals surface area contributed by atoms with Gasteiger partial charge in [-0.15, -0.1) is 0 Å². The summed E-state index contributed by atoms with van der Waals surface area (Å²) in [6, 6.07) is 8.27. The number of ether oxygens (including phenoxy) is 1. The molecule has 2 rings (SSSR count).